The SMILES string of the molecule is OC(CC1=CCCCC1)c1cccc2cccnc12. The minimum Gasteiger partial charge on any atom is -0.388 e. The van der Waals surface area contributed by atoms with E-state index in [9.17, 15) is 5.11 Å². The Kier molecular flexibility index (Phi) is 3.60. The number of hydrogen-bond acceptors (Lipinski definition) is 2. The van der Waals surface area contributed by atoms with Crippen LogP contribution in [-0.4, -0.2) is 10.1 Å². The maximum absolute atomic E-state index is 10.5. The molecule has 2 aromatic rings. The average Bonchev–Trinajstić information content (AvgIpc) is 2.47. The highest BCUT2D eigenvalue weighted by molar-refractivity contribution is 5.81. The number of rotatable bonds is 3. The van der Waals surface area contributed by atoms with Gasteiger partial charge in [0.1, 0.15) is 0 Å². The summed E-state index contributed by atoms with van der Waals surface area (Å²) in [5.74, 6) is 0. The van der Waals surface area contributed by atoms with E-state index < -0.39 is 6.10 Å². The van der Waals surface area contributed by atoms with Crippen molar-refractivity contribution in [3.63, 3.8) is 0 Å². The summed E-state index contributed by atoms with van der Waals surface area (Å²) in [6, 6.07) is 10.0. The number of allylic oxidation sites excluding steroid dienone is 1. The van der Waals surface area contributed by atoms with Crippen molar-refractivity contribution < 1.29 is 5.11 Å². The number of pyridine rings is 1. The Labute approximate surface area is 113 Å². The average molecular weight is 253 g/mol. The molecule has 0 bridgehead atoms. The van der Waals surface area contributed by atoms with Crippen LogP contribution in [0, 0.1) is 0 Å². The Morgan fingerprint density at radius 3 is 2.89 bits per heavy atom. The Hall–Kier alpha value is -1.67. The second-order valence-electron chi connectivity index (χ2n) is 5.25. The van der Waals surface area contributed by atoms with E-state index in [0.29, 0.717) is 0 Å². The van der Waals surface area contributed by atoms with Gasteiger partial charge < -0.3 is 5.11 Å². The molecule has 0 aliphatic heterocycles. The molecule has 1 atom stereocenters. The smallest absolute Gasteiger partial charge is 0.0848 e. The maximum Gasteiger partial charge on any atom is 0.0848 e. The molecule has 2 nitrogen and oxygen atoms in total. The van der Waals surface area contributed by atoms with E-state index in [2.05, 4.69) is 11.1 Å². The fourth-order valence-corrected chi connectivity index (χ4v) is 2.85. The number of para-hydroxylation sites is 1. The van der Waals surface area contributed by atoms with Gasteiger partial charge in [-0.3, -0.25) is 4.98 Å². The molecule has 0 spiro atoms. The molecular weight excluding hydrogens is 234 g/mol. The van der Waals surface area contributed by atoms with Crippen molar-refractivity contribution in [2.75, 3.05) is 0 Å². The van der Waals surface area contributed by atoms with Crippen LogP contribution in [-0.2, 0) is 0 Å². The molecule has 1 N–H and O–H groups in total. The largest absolute Gasteiger partial charge is 0.388 e. The zero-order chi connectivity index (χ0) is 13.1. The number of fused-ring (bicyclic) bond motifs is 1. The molecule has 2 heteroatoms. The Balaban J connectivity index is 1.88. The van der Waals surface area contributed by atoms with Crippen LogP contribution in [0.2, 0.25) is 0 Å². The molecule has 0 radical (unpaired) electrons. The van der Waals surface area contributed by atoms with Gasteiger partial charge in [-0.25, -0.2) is 0 Å². The quantitative estimate of drug-likeness (QED) is 0.833. The highest BCUT2D eigenvalue weighted by Gasteiger charge is 2.15. The first-order valence-electron chi connectivity index (χ1n) is 7.04. The first kappa shape index (κ1) is 12.4. The van der Waals surface area contributed by atoms with Crippen LogP contribution in [0.3, 0.4) is 0 Å². The van der Waals surface area contributed by atoms with Gasteiger partial charge >= 0.3 is 0 Å². The first-order chi connectivity index (χ1) is 9.34. The second-order valence-corrected chi connectivity index (χ2v) is 5.25. The monoisotopic (exact) mass is 253 g/mol. The molecular formula is C17H19NO. The molecule has 1 aliphatic carbocycles. The fraction of sp³-hybridized carbons (Fsp3) is 0.353. The molecule has 0 amide bonds. The minimum atomic E-state index is -0.442. The van der Waals surface area contributed by atoms with E-state index in [1.165, 1.54) is 18.4 Å². The van der Waals surface area contributed by atoms with Crippen molar-refractivity contribution in [1.29, 1.82) is 0 Å². The Bertz CT molecular complexity index is 598. The number of aromatic nitrogens is 1. The van der Waals surface area contributed by atoms with Crippen LogP contribution in [0.5, 0.6) is 0 Å². The predicted molar refractivity (Wildman–Crippen MR) is 77.9 cm³/mol. The number of aliphatic hydroxyl groups is 1. The molecule has 0 saturated carbocycles. The second kappa shape index (κ2) is 5.54. The molecule has 0 saturated heterocycles. The molecule has 1 aromatic heterocycles. The summed E-state index contributed by atoms with van der Waals surface area (Å²) in [5, 5.41) is 11.6. The molecule has 19 heavy (non-hydrogen) atoms. The van der Waals surface area contributed by atoms with Gasteiger partial charge in [-0.1, -0.05) is 35.9 Å². The number of hydrogen-bond donors (Lipinski definition) is 1. The van der Waals surface area contributed by atoms with Crippen LogP contribution >= 0.6 is 0 Å². The van der Waals surface area contributed by atoms with Gasteiger partial charge in [0, 0.05) is 17.1 Å². The van der Waals surface area contributed by atoms with Crippen LogP contribution in [0.4, 0.5) is 0 Å². The highest BCUT2D eigenvalue weighted by Crippen LogP contribution is 2.30. The van der Waals surface area contributed by atoms with Crippen molar-refractivity contribution in [3.8, 4) is 0 Å². The van der Waals surface area contributed by atoms with E-state index in [4.69, 9.17) is 0 Å². The van der Waals surface area contributed by atoms with E-state index in [0.717, 1.165) is 35.7 Å². The standard InChI is InChI=1S/C17H19NO/c19-16(12-13-6-2-1-3-7-13)15-10-4-8-14-9-5-11-18-17(14)15/h4-6,8-11,16,19H,1-3,7,12H2. The van der Waals surface area contributed by atoms with Gasteiger partial charge in [0.05, 0.1) is 11.6 Å². The van der Waals surface area contributed by atoms with Crippen LogP contribution in [0.1, 0.15) is 43.8 Å². The zero-order valence-electron chi connectivity index (χ0n) is 11.0. The van der Waals surface area contributed by atoms with Crippen molar-refractivity contribution in [3.05, 3.63) is 53.7 Å². The normalized spacial score (nSPS) is 17.2. The van der Waals surface area contributed by atoms with E-state index >= 15 is 0 Å². The summed E-state index contributed by atoms with van der Waals surface area (Å²) >= 11 is 0. The molecule has 1 unspecified atom stereocenters. The lowest BCUT2D eigenvalue weighted by molar-refractivity contribution is 0.178. The third-order valence-electron chi connectivity index (χ3n) is 3.86. The summed E-state index contributed by atoms with van der Waals surface area (Å²) < 4.78 is 0. The lowest BCUT2D eigenvalue weighted by Gasteiger charge is -2.17. The van der Waals surface area contributed by atoms with Crippen LogP contribution in [0.25, 0.3) is 10.9 Å². The fourth-order valence-electron chi connectivity index (χ4n) is 2.85. The van der Waals surface area contributed by atoms with Crippen LogP contribution in [0.15, 0.2) is 48.2 Å². The van der Waals surface area contributed by atoms with Gasteiger partial charge in [-0.05, 0) is 38.2 Å². The van der Waals surface area contributed by atoms with E-state index in [1.54, 1.807) is 6.20 Å². The minimum absolute atomic E-state index is 0.442. The third-order valence-corrected chi connectivity index (χ3v) is 3.86. The molecule has 98 valence electrons. The van der Waals surface area contributed by atoms with Crippen molar-refractivity contribution in [1.82, 2.24) is 4.98 Å². The van der Waals surface area contributed by atoms with Crippen LogP contribution < -0.4 is 0 Å². The summed E-state index contributed by atoms with van der Waals surface area (Å²) in [4.78, 5) is 4.42. The molecule has 1 aromatic carbocycles. The van der Waals surface area contributed by atoms with E-state index in [1.807, 2.05) is 30.3 Å². The van der Waals surface area contributed by atoms with E-state index in [-0.39, 0.29) is 0 Å². The third kappa shape index (κ3) is 2.69. The van der Waals surface area contributed by atoms with Crippen molar-refractivity contribution in [2.24, 2.45) is 0 Å². The zero-order valence-corrected chi connectivity index (χ0v) is 11.0. The Morgan fingerprint density at radius 1 is 1.16 bits per heavy atom. The first-order valence-corrected chi connectivity index (χ1v) is 7.04. The van der Waals surface area contributed by atoms with Gasteiger partial charge in [-0.2, -0.15) is 0 Å². The number of aliphatic hydroxyl groups excluding tert-OH is 1. The Morgan fingerprint density at radius 2 is 2.05 bits per heavy atom. The highest BCUT2D eigenvalue weighted by atomic mass is 16.3. The summed E-state index contributed by atoms with van der Waals surface area (Å²) in [6.45, 7) is 0. The summed E-state index contributed by atoms with van der Waals surface area (Å²) in [7, 11) is 0. The topological polar surface area (TPSA) is 33.1 Å². The van der Waals surface area contributed by atoms with Gasteiger partial charge in [0.2, 0.25) is 0 Å². The van der Waals surface area contributed by atoms with Gasteiger partial charge in [0.15, 0.2) is 0 Å². The lowest BCUT2D eigenvalue weighted by Crippen LogP contribution is -2.03. The predicted octanol–water partition coefficient (Wildman–Crippen LogP) is 4.16. The van der Waals surface area contributed by atoms with Crippen molar-refractivity contribution >= 4 is 10.9 Å². The summed E-state index contributed by atoms with van der Waals surface area (Å²) in [5.41, 5.74) is 3.27. The molecule has 0 fully saturated rings. The van der Waals surface area contributed by atoms with Gasteiger partial charge in [0.25, 0.3) is 0 Å². The number of benzene rings is 1. The van der Waals surface area contributed by atoms with Crippen molar-refractivity contribution in [2.45, 2.75) is 38.2 Å². The lowest BCUT2D eigenvalue weighted by atomic mass is 9.92. The molecule has 1 heterocycles. The molecule has 3 rings (SSSR count). The maximum atomic E-state index is 10.5. The number of nitrogens with zero attached hydrogens (tertiary/aromatic N) is 1. The molecule has 1 aliphatic rings. The van der Waals surface area contributed by atoms with Gasteiger partial charge in [-0.15, -0.1) is 0 Å². The summed E-state index contributed by atoms with van der Waals surface area (Å²) in [6.07, 6.45) is 9.23.